The highest BCUT2D eigenvalue weighted by molar-refractivity contribution is 5.39. The molecule has 0 bridgehead atoms. The number of benzene rings is 1. The van der Waals surface area contributed by atoms with Gasteiger partial charge in [0, 0.05) is 5.56 Å². The Kier molecular flexibility index (Phi) is 7.44. The first-order chi connectivity index (χ1) is 13.9. The second kappa shape index (κ2) is 9.83. The van der Waals surface area contributed by atoms with Crippen LogP contribution in [0, 0.1) is 41.3 Å². The van der Waals surface area contributed by atoms with Crippen LogP contribution in [0.1, 0.15) is 75.8 Å². The number of alkyl halides is 3. The second-order valence-corrected chi connectivity index (χ2v) is 8.68. The molecule has 0 nitrogen and oxygen atoms in total. The van der Waals surface area contributed by atoms with Gasteiger partial charge in [0.15, 0.2) is 0 Å². The van der Waals surface area contributed by atoms with Crippen LogP contribution < -0.4 is 0 Å². The molecule has 1 aromatic carbocycles. The molecule has 0 atom stereocenters. The van der Waals surface area contributed by atoms with Gasteiger partial charge in [0.25, 0.3) is 0 Å². The summed E-state index contributed by atoms with van der Waals surface area (Å²) in [6, 6.07) is 2.81. The van der Waals surface area contributed by atoms with E-state index in [-0.39, 0.29) is 5.56 Å². The number of hydrogen-bond donors (Lipinski definition) is 0. The zero-order chi connectivity index (χ0) is 20.9. The first kappa shape index (κ1) is 21.9. The van der Waals surface area contributed by atoms with E-state index >= 15 is 0 Å². The number of hydrogen-bond acceptors (Lipinski definition) is 0. The average Bonchev–Trinajstić information content (AvgIpc) is 2.71. The Morgan fingerprint density at radius 3 is 2.14 bits per heavy atom. The Labute approximate surface area is 171 Å². The predicted octanol–water partition coefficient (Wildman–Crippen LogP) is 7.78. The molecule has 0 heterocycles. The van der Waals surface area contributed by atoms with Gasteiger partial charge in [0.05, 0.1) is 5.56 Å². The standard InChI is InChI=1S/C25H30F4/c1-2-18-7-12-21(13-8-18)22-14-9-19(10-15-22)5-3-4-6-20-11-16-23(24(26)17-20)25(27,28)29/h3,5,11,16-19,21-22H,2,7-10,12-15H2,1H3/b5-3+/t18-,19?,21-,22?. The van der Waals surface area contributed by atoms with Gasteiger partial charge in [-0.15, -0.1) is 0 Å². The largest absolute Gasteiger partial charge is 0.419 e. The highest BCUT2D eigenvalue weighted by atomic mass is 19.4. The lowest BCUT2D eigenvalue weighted by atomic mass is 9.69. The van der Waals surface area contributed by atoms with Gasteiger partial charge in [0.2, 0.25) is 0 Å². The molecule has 2 aliphatic carbocycles. The van der Waals surface area contributed by atoms with Crippen LogP contribution in [-0.2, 0) is 6.18 Å². The Morgan fingerprint density at radius 1 is 0.966 bits per heavy atom. The Morgan fingerprint density at radius 2 is 1.59 bits per heavy atom. The van der Waals surface area contributed by atoms with Crippen LogP contribution in [0.5, 0.6) is 0 Å². The van der Waals surface area contributed by atoms with E-state index in [2.05, 4.69) is 24.8 Å². The fourth-order valence-corrected chi connectivity index (χ4v) is 5.01. The van der Waals surface area contributed by atoms with Gasteiger partial charge in [-0.1, -0.05) is 44.1 Å². The van der Waals surface area contributed by atoms with Crippen molar-refractivity contribution in [2.75, 3.05) is 0 Å². The third-order valence-corrected chi connectivity index (χ3v) is 6.89. The van der Waals surface area contributed by atoms with Gasteiger partial charge in [0.1, 0.15) is 5.82 Å². The molecular formula is C25H30F4. The summed E-state index contributed by atoms with van der Waals surface area (Å²) in [5.41, 5.74) is -0.995. The summed E-state index contributed by atoms with van der Waals surface area (Å²) < 4.78 is 51.3. The molecule has 0 unspecified atom stereocenters. The van der Waals surface area contributed by atoms with Crippen LogP contribution in [0.25, 0.3) is 0 Å². The number of halogens is 4. The Hall–Kier alpha value is -1.76. The molecule has 0 amide bonds. The van der Waals surface area contributed by atoms with E-state index in [1.54, 1.807) is 6.08 Å². The fraction of sp³-hybridized carbons (Fsp3) is 0.600. The normalized spacial score (nSPS) is 28.2. The van der Waals surface area contributed by atoms with Crippen molar-refractivity contribution < 1.29 is 17.6 Å². The summed E-state index contributed by atoms with van der Waals surface area (Å²) >= 11 is 0. The molecule has 158 valence electrons. The summed E-state index contributed by atoms with van der Waals surface area (Å²) in [4.78, 5) is 0. The third kappa shape index (κ3) is 6.11. The van der Waals surface area contributed by atoms with Crippen LogP contribution in [0.2, 0.25) is 0 Å². The molecule has 3 rings (SSSR count). The maximum Gasteiger partial charge on any atom is 0.419 e. The summed E-state index contributed by atoms with van der Waals surface area (Å²) in [5.74, 6) is 7.55. The van der Waals surface area contributed by atoms with Crippen LogP contribution in [0.4, 0.5) is 17.6 Å². The van der Waals surface area contributed by atoms with Crippen LogP contribution in [-0.4, -0.2) is 0 Å². The van der Waals surface area contributed by atoms with Crippen LogP contribution in [0.15, 0.2) is 30.4 Å². The van der Waals surface area contributed by atoms with E-state index in [4.69, 9.17) is 0 Å². The molecule has 0 radical (unpaired) electrons. The van der Waals surface area contributed by atoms with E-state index in [0.717, 1.165) is 29.9 Å². The molecule has 0 N–H and O–H groups in total. The minimum atomic E-state index is -4.68. The van der Waals surface area contributed by atoms with Crippen molar-refractivity contribution in [2.24, 2.45) is 23.7 Å². The smallest absolute Gasteiger partial charge is 0.206 e. The average molecular weight is 407 g/mol. The molecule has 2 fully saturated rings. The quantitative estimate of drug-likeness (QED) is 0.355. The summed E-state index contributed by atoms with van der Waals surface area (Å²) in [7, 11) is 0. The van der Waals surface area contributed by atoms with Crippen LogP contribution >= 0.6 is 0 Å². The highest BCUT2D eigenvalue weighted by Crippen LogP contribution is 2.42. The molecule has 0 spiro atoms. The molecule has 0 aliphatic heterocycles. The number of rotatable bonds is 3. The van der Waals surface area contributed by atoms with E-state index in [1.165, 1.54) is 63.9 Å². The van der Waals surface area contributed by atoms with Crippen molar-refractivity contribution in [2.45, 2.75) is 70.9 Å². The lowest BCUT2D eigenvalue weighted by Gasteiger charge is -2.37. The van der Waals surface area contributed by atoms with E-state index in [1.807, 2.05) is 0 Å². The minimum Gasteiger partial charge on any atom is -0.206 e. The maximum atomic E-state index is 13.6. The molecule has 1 aromatic rings. The van der Waals surface area contributed by atoms with Gasteiger partial charge in [-0.05, 0) is 86.5 Å². The van der Waals surface area contributed by atoms with E-state index in [0.29, 0.717) is 5.92 Å². The van der Waals surface area contributed by atoms with Gasteiger partial charge in [-0.25, -0.2) is 4.39 Å². The first-order valence-electron chi connectivity index (χ1n) is 10.9. The molecule has 0 saturated heterocycles. The molecule has 29 heavy (non-hydrogen) atoms. The summed E-state index contributed by atoms with van der Waals surface area (Å²) in [6.07, 6.45) is 11.1. The highest BCUT2D eigenvalue weighted by Gasteiger charge is 2.34. The van der Waals surface area contributed by atoms with Crippen molar-refractivity contribution in [1.82, 2.24) is 0 Å². The maximum absolute atomic E-state index is 13.6. The topological polar surface area (TPSA) is 0 Å². The summed E-state index contributed by atoms with van der Waals surface area (Å²) in [5, 5.41) is 0. The zero-order valence-corrected chi connectivity index (χ0v) is 17.1. The lowest BCUT2D eigenvalue weighted by molar-refractivity contribution is -0.140. The second-order valence-electron chi connectivity index (χ2n) is 8.68. The molecule has 2 saturated carbocycles. The molecule has 2 aliphatic rings. The summed E-state index contributed by atoms with van der Waals surface area (Å²) in [6.45, 7) is 2.31. The van der Waals surface area contributed by atoms with E-state index < -0.39 is 17.6 Å². The van der Waals surface area contributed by atoms with Gasteiger partial charge in [-0.2, -0.15) is 13.2 Å². The minimum absolute atomic E-state index is 0.256. The van der Waals surface area contributed by atoms with Crippen molar-refractivity contribution in [3.05, 3.63) is 47.3 Å². The van der Waals surface area contributed by atoms with Crippen LogP contribution in [0.3, 0.4) is 0 Å². The van der Waals surface area contributed by atoms with Crippen molar-refractivity contribution in [3.63, 3.8) is 0 Å². The zero-order valence-electron chi connectivity index (χ0n) is 17.1. The first-order valence-corrected chi connectivity index (χ1v) is 10.9. The van der Waals surface area contributed by atoms with Gasteiger partial charge in [-0.3, -0.25) is 0 Å². The van der Waals surface area contributed by atoms with Gasteiger partial charge < -0.3 is 0 Å². The third-order valence-electron chi connectivity index (χ3n) is 6.89. The SMILES string of the molecule is CC[C@H]1CC[C@H](C2CCC(/C=C/C#Cc3ccc(C(F)(F)F)c(F)c3)CC2)CC1. The number of allylic oxidation sites excluding steroid dienone is 2. The van der Waals surface area contributed by atoms with Gasteiger partial charge >= 0.3 is 6.18 Å². The van der Waals surface area contributed by atoms with Crippen molar-refractivity contribution in [1.29, 1.82) is 0 Å². The predicted molar refractivity (Wildman–Crippen MR) is 109 cm³/mol. The Bertz CT molecular complexity index is 749. The Balaban J connectivity index is 1.46. The molecular weight excluding hydrogens is 376 g/mol. The monoisotopic (exact) mass is 406 g/mol. The molecule has 4 heteroatoms. The van der Waals surface area contributed by atoms with E-state index in [9.17, 15) is 17.6 Å². The lowest BCUT2D eigenvalue weighted by Crippen LogP contribution is -2.25. The van der Waals surface area contributed by atoms with Crippen molar-refractivity contribution >= 4 is 0 Å². The molecule has 0 aromatic heterocycles. The fourth-order valence-electron chi connectivity index (χ4n) is 5.01. The van der Waals surface area contributed by atoms with Crippen molar-refractivity contribution in [3.8, 4) is 11.8 Å².